The van der Waals surface area contributed by atoms with Crippen LogP contribution in [0.4, 0.5) is 0 Å². The Hall–Kier alpha value is -3.09. The Morgan fingerprint density at radius 3 is 2.60 bits per heavy atom. The number of hydrogen-bond donors (Lipinski definition) is 1. The molecule has 1 aromatic heterocycles. The fraction of sp³-hybridized carbons (Fsp3) is 0.158. The minimum Gasteiger partial charge on any atom is -0.340 e. The number of Topliss-reactive ketones (excluding diaryl/α,β-unsaturated/α-hetero) is 1. The first-order valence-electron chi connectivity index (χ1n) is 7.65. The Morgan fingerprint density at radius 2 is 1.92 bits per heavy atom. The highest BCUT2D eigenvalue weighted by Gasteiger charge is 2.23. The third-order valence-electron chi connectivity index (χ3n) is 3.73. The second-order valence-electron chi connectivity index (χ2n) is 5.47. The highest BCUT2D eigenvalue weighted by molar-refractivity contribution is 7.99. The van der Waals surface area contributed by atoms with Gasteiger partial charge in [-0.3, -0.25) is 4.79 Å². The molecule has 1 heterocycles. The van der Waals surface area contributed by atoms with Crippen LogP contribution in [0, 0.1) is 22.7 Å². The van der Waals surface area contributed by atoms with E-state index in [0.29, 0.717) is 17.1 Å². The zero-order valence-electron chi connectivity index (χ0n) is 13.3. The summed E-state index contributed by atoms with van der Waals surface area (Å²) in [5.41, 5.74) is 3.21. The number of benzene rings is 2. The molecular formula is C19H14N4OS. The number of nitriles is 2. The van der Waals surface area contributed by atoms with Gasteiger partial charge < -0.3 is 4.98 Å². The van der Waals surface area contributed by atoms with Crippen LogP contribution in [-0.4, -0.2) is 21.5 Å². The van der Waals surface area contributed by atoms with Gasteiger partial charge in [-0.25, -0.2) is 4.98 Å². The number of para-hydroxylation sites is 2. The van der Waals surface area contributed by atoms with Crippen molar-refractivity contribution in [3.8, 4) is 12.1 Å². The summed E-state index contributed by atoms with van der Waals surface area (Å²) in [6.45, 7) is 0. The molecule has 0 saturated carbocycles. The molecule has 1 atom stereocenters. The minimum absolute atomic E-state index is 0.166. The molecule has 25 heavy (non-hydrogen) atoms. The number of carbonyl (C=O) groups is 1. The fourth-order valence-corrected chi connectivity index (χ4v) is 3.32. The van der Waals surface area contributed by atoms with Gasteiger partial charge in [-0.2, -0.15) is 10.5 Å². The van der Waals surface area contributed by atoms with Gasteiger partial charge in [0.1, 0.15) is 5.82 Å². The van der Waals surface area contributed by atoms with E-state index < -0.39 is 5.92 Å². The lowest BCUT2D eigenvalue weighted by atomic mass is 10.1. The summed E-state index contributed by atoms with van der Waals surface area (Å²) >= 11 is 1.45. The lowest BCUT2D eigenvalue weighted by molar-refractivity contribution is -0.117. The number of nitrogens with one attached hydrogen (secondary N) is 1. The Kier molecular flexibility index (Phi) is 5.13. The van der Waals surface area contributed by atoms with Crippen LogP contribution < -0.4 is 0 Å². The van der Waals surface area contributed by atoms with Crippen molar-refractivity contribution in [3.63, 3.8) is 0 Å². The maximum absolute atomic E-state index is 12.4. The molecule has 0 spiro atoms. The molecule has 0 fully saturated rings. The molecule has 1 N–H and O–H groups in total. The molecular weight excluding hydrogens is 332 g/mol. The van der Waals surface area contributed by atoms with Gasteiger partial charge in [-0.05, 0) is 29.8 Å². The second-order valence-corrected chi connectivity index (χ2v) is 6.45. The molecule has 0 radical (unpaired) electrons. The smallest absolute Gasteiger partial charge is 0.167 e. The second kappa shape index (κ2) is 7.65. The van der Waals surface area contributed by atoms with Crippen LogP contribution in [0.3, 0.4) is 0 Å². The van der Waals surface area contributed by atoms with Crippen LogP contribution in [0.5, 0.6) is 0 Å². The number of carbonyl (C=O) groups excluding carboxylic acids is 1. The maximum Gasteiger partial charge on any atom is 0.167 e. The average molecular weight is 346 g/mol. The number of rotatable bonds is 6. The molecule has 1 unspecified atom stereocenters. The molecule has 0 aliphatic heterocycles. The highest BCUT2D eigenvalue weighted by atomic mass is 32.2. The Balaban J connectivity index is 1.62. The molecule has 0 saturated heterocycles. The average Bonchev–Trinajstić information content (AvgIpc) is 3.06. The summed E-state index contributed by atoms with van der Waals surface area (Å²) in [7, 11) is 0. The molecule has 6 heteroatoms. The van der Waals surface area contributed by atoms with Crippen LogP contribution in [-0.2, 0) is 10.5 Å². The zero-order valence-corrected chi connectivity index (χ0v) is 14.1. The summed E-state index contributed by atoms with van der Waals surface area (Å²) in [5, 5.41) is 18.2. The predicted molar refractivity (Wildman–Crippen MR) is 96.8 cm³/mol. The van der Waals surface area contributed by atoms with Crippen LogP contribution in [0.15, 0.2) is 48.5 Å². The minimum atomic E-state index is -0.888. The Morgan fingerprint density at radius 1 is 1.16 bits per heavy atom. The van der Waals surface area contributed by atoms with Crippen molar-refractivity contribution in [2.24, 2.45) is 0 Å². The SMILES string of the molecule is N#Cc1ccc(CSCC(=O)C(C#N)c2nc3ccccc3[nH]2)cc1. The van der Waals surface area contributed by atoms with Crippen LogP contribution in [0.25, 0.3) is 11.0 Å². The summed E-state index contributed by atoms with van der Waals surface area (Å²) < 4.78 is 0. The van der Waals surface area contributed by atoms with E-state index in [1.54, 1.807) is 12.1 Å². The van der Waals surface area contributed by atoms with Gasteiger partial charge in [-0.15, -0.1) is 11.8 Å². The van der Waals surface area contributed by atoms with E-state index >= 15 is 0 Å². The number of imidazole rings is 1. The van der Waals surface area contributed by atoms with E-state index in [1.807, 2.05) is 36.4 Å². The van der Waals surface area contributed by atoms with Crippen molar-refractivity contribution in [1.82, 2.24) is 9.97 Å². The molecule has 0 bridgehead atoms. The third kappa shape index (κ3) is 3.88. The van der Waals surface area contributed by atoms with Crippen molar-refractivity contribution >= 4 is 28.6 Å². The van der Waals surface area contributed by atoms with E-state index in [0.717, 1.165) is 16.6 Å². The Bertz CT molecular complexity index is 946. The molecule has 3 aromatic rings. The highest BCUT2D eigenvalue weighted by Crippen LogP contribution is 2.21. The monoisotopic (exact) mass is 346 g/mol. The van der Waals surface area contributed by atoms with Crippen molar-refractivity contribution in [2.75, 3.05) is 5.75 Å². The first-order chi connectivity index (χ1) is 12.2. The number of fused-ring (bicyclic) bond motifs is 1. The topological polar surface area (TPSA) is 93.3 Å². The lowest BCUT2D eigenvalue weighted by Crippen LogP contribution is -2.14. The van der Waals surface area contributed by atoms with Crippen LogP contribution in [0.1, 0.15) is 22.9 Å². The summed E-state index contributed by atoms with van der Waals surface area (Å²) in [6, 6.07) is 18.8. The number of aromatic amines is 1. The molecule has 122 valence electrons. The van der Waals surface area contributed by atoms with E-state index in [9.17, 15) is 10.1 Å². The zero-order chi connectivity index (χ0) is 17.6. The van der Waals surface area contributed by atoms with Crippen molar-refractivity contribution < 1.29 is 4.79 Å². The number of thioether (sulfide) groups is 1. The fourth-order valence-electron chi connectivity index (χ4n) is 2.42. The number of hydrogen-bond acceptors (Lipinski definition) is 5. The first-order valence-corrected chi connectivity index (χ1v) is 8.80. The van der Waals surface area contributed by atoms with Gasteiger partial charge in [0.2, 0.25) is 0 Å². The quantitative estimate of drug-likeness (QED) is 0.737. The van der Waals surface area contributed by atoms with Gasteiger partial charge in [-0.1, -0.05) is 24.3 Å². The predicted octanol–water partition coefficient (Wildman–Crippen LogP) is 3.54. The van der Waals surface area contributed by atoms with Crippen LogP contribution >= 0.6 is 11.8 Å². The van der Waals surface area contributed by atoms with E-state index in [-0.39, 0.29) is 11.5 Å². The standard InChI is InChI=1S/C19H14N4OS/c20-9-13-5-7-14(8-6-13)11-25-12-18(24)15(10-21)19-22-16-3-1-2-4-17(16)23-19/h1-8,15H,11-12H2,(H,22,23). The molecule has 3 rings (SSSR count). The lowest BCUT2D eigenvalue weighted by Gasteiger charge is -2.05. The van der Waals surface area contributed by atoms with Crippen LogP contribution in [0.2, 0.25) is 0 Å². The van der Waals surface area contributed by atoms with Crippen molar-refractivity contribution in [2.45, 2.75) is 11.7 Å². The molecule has 0 aliphatic carbocycles. The number of ketones is 1. The maximum atomic E-state index is 12.4. The van der Waals surface area contributed by atoms with E-state index in [2.05, 4.69) is 22.1 Å². The largest absolute Gasteiger partial charge is 0.340 e. The van der Waals surface area contributed by atoms with Gasteiger partial charge in [0.05, 0.1) is 34.5 Å². The summed E-state index contributed by atoms with van der Waals surface area (Å²) in [5.74, 6) is 0.221. The summed E-state index contributed by atoms with van der Waals surface area (Å²) in [6.07, 6.45) is 0. The normalized spacial score (nSPS) is 11.6. The van der Waals surface area contributed by atoms with E-state index in [4.69, 9.17) is 5.26 Å². The number of H-pyrrole nitrogens is 1. The number of nitrogens with zero attached hydrogens (tertiary/aromatic N) is 3. The Labute approximate surface area is 149 Å². The molecule has 0 amide bonds. The number of aromatic nitrogens is 2. The molecule has 2 aromatic carbocycles. The first kappa shape index (κ1) is 16.8. The van der Waals surface area contributed by atoms with Gasteiger partial charge in [0.15, 0.2) is 11.7 Å². The van der Waals surface area contributed by atoms with Crippen molar-refractivity contribution in [3.05, 3.63) is 65.5 Å². The van der Waals surface area contributed by atoms with Gasteiger partial charge in [0.25, 0.3) is 0 Å². The van der Waals surface area contributed by atoms with Gasteiger partial charge >= 0.3 is 0 Å². The van der Waals surface area contributed by atoms with E-state index in [1.165, 1.54) is 11.8 Å². The van der Waals surface area contributed by atoms with Crippen molar-refractivity contribution in [1.29, 1.82) is 10.5 Å². The third-order valence-corrected chi connectivity index (χ3v) is 4.75. The molecule has 0 aliphatic rings. The summed E-state index contributed by atoms with van der Waals surface area (Å²) in [4.78, 5) is 19.8. The van der Waals surface area contributed by atoms with Gasteiger partial charge in [0, 0.05) is 5.75 Å². The molecule has 5 nitrogen and oxygen atoms in total.